The van der Waals surface area contributed by atoms with E-state index >= 15 is 0 Å². The molecule has 2 N–H and O–H groups in total. The van der Waals surface area contributed by atoms with E-state index in [0.29, 0.717) is 12.1 Å². The van der Waals surface area contributed by atoms with Gasteiger partial charge in [-0.25, -0.2) is 9.78 Å². The third-order valence-corrected chi connectivity index (χ3v) is 5.17. The largest absolute Gasteiger partial charge is 0.361 e. The standard InChI is InChI=1S/C21H19N5O2/c1-13-6-7-19-23-15(11-25(19)10-13)12-26-20(27)18(24-21(26)28)8-14-9-22-17-5-3-2-4-16(14)17/h2-7,9-11,18,22H,8,12H2,1H3,(H,24,28)/t18-/m0/s1. The number of H-pyrrole nitrogens is 1. The van der Waals surface area contributed by atoms with Gasteiger partial charge in [-0.2, -0.15) is 0 Å². The summed E-state index contributed by atoms with van der Waals surface area (Å²) in [7, 11) is 0. The second-order valence-corrected chi connectivity index (χ2v) is 7.19. The number of hydrogen-bond donors (Lipinski definition) is 2. The molecular weight excluding hydrogens is 354 g/mol. The predicted molar refractivity (Wildman–Crippen MR) is 105 cm³/mol. The van der Waals surface area contributed by atoms with Crippen molar-refractivity contribution in [3.8, 4) is 0 Å². The minimum absolute atomic E-state index is 0.162. The highest BCUT2D eigenvalue weighted by atomic mass is 16.2. The van der Waals surface area contributed by atoms with Crippen LogP contribution < -0.4 is 5.32 Å². The number of fused-ring (bicyclic) bond motifs is 2. The maximum atomic E-state index is 12.8. The summed E-state index contributed by atoms with van der Waals surface area (Å²) in [5, 5.41) is 3.88. The van der Waals surface area contributed by atoms with Crippen LogP contribution in [0.3, 0.4) is 0 Å². The molecule has 3 aromatic heterocycles. The highest BCUT2D eigenvalue weighted by Crippen LogP contribution is 2.22. The molecule has 0 radical (unpaired) electrons. The zero-order valence-electron chi connectivity index (χ0n) is 15.3. The lowest BCUT2D eigenvalue weighted by Gasteiger charge is -2.11. The summed E-state index contributed by atoms with van der Waals surface area (Å²) in [5.41, 5.74) is 4.63. The number of amides is 3. The number of benzene rings is 1. The first-order valence-corrected chi connectivity index (χ1v) is 9.19. The fourth-order valence-electron chi connectivity index (χ4n) is 3.78. The van der Waals surface area contributed by atoms with Crippen LogP contribution >= 0.6 is 0 Å². The SMILES string of the molecule is Cc1ccc2nc(CN3C(=O)N[C@@H](Cc4c[nH]c5ccccc45)C3=O)cn2c1. The van der Waals surface area contributed by atoms with Crippen molar-refractivity contribution in [3.63, 3.8) is 0 Å². The van der Waals surface area contributed by atoms with Gasteiger partial charge in [-0.05, 0) is 30.2 Å². The van der Waals surface area contributed by atoms with Crippen LogP contribution in [-0.4, -0.2) is 37.2 Å². The van der Waals surface area contributed by atoms with Crippen molar-refractivity contribution in [1.29, 1.82) is 0 Å². The molecule has 7 nitrogen and oxygen atoms in total. The highest BCUT2D eigenvalue weighted by Gasteiger charge is 2.38. The fraction of sp³-hybridized carbons (Fsp3) is 0.190. The van der Waals surface area contributed by atoms with Crippen LogP contribution in [0.25, 0.3) is 16.6 Å². The number of urea groups is 1. The number of imidazole rings is 1. The second kappa shape index (κ2) is 6.23. The van der Waals surface area contributed by atoms with Gasteiger partial charge in [-0.1, -0.05) is 24.3 Å². The lowest BCUT2D eigenvalue weighted by molar-refractivity contribution is -0.127. The monoisotopic (exact) mass is 373 g/mol. The molecule has 0 saturated carbocycles. The summed E-state index contributed by atoms with van der Waals surface area (Å²) in [4.78, 5) is 34.2. The summed E-state index contributed by atoms with van der Waals surface area (Å²) in [6, 6.07) is 10.9. The van der Waals surface area contributed by atoms with Gasteiger partial charge < -0.3 is 14.7 Å². The van der Waals surface area contributed by atoms with Crippen LogP contribution in [0.15, 0.2) is 55.0 Å². The Morgan fingerprint density at radius 2 is 1.96 bits per heavy atom. The van der Waals surface area contributed by atoms with Crippen molar-refractivity contribution < 1.29 is 9.59 Å². The summed E-state index contributed by atoms with van der Waals surface area (Å²) < 4.78 is 1.91. The number of nitrogens with zero attached hydrogens (tertiary/aromatic N) is 3. The molecular formula is C21H19N5O2. The van der Waals surface area contributed by atoms with E-state index in [1.165, 1.54) is 4.90 Å². The molecule has 1 aliphatic rings. The van der Waals surface area contributed by atoms with Crippen molar-refractivity contribution in [2.45, 2.75) is 25.9 Å². The van der Waals surface area contributed by atoms with E-state index in [2.05, 4.69) is 15.3 Å². The Labute approximate surface area is 161 Å². The summed E-state index contributed by atoms with van der Waals surface area (Å²) in [6.45, 7) is 2.17. The van der Waals surface area contributed by atoms with Crippen LogP contribution in [0.2, 0.25) is 0 Å². The quantitative estimate of drug-likeness (QED) is 0.540. The van der Waals surface area contributed by atoms with Gasteiger partial charge >= 0.3 is 6.03 Å². The Kier molecular flexibility index (Phi) is 3.68. The first kappa shape index (κ1) is 16.6. The van der Waals surface area contributed by atoms with Gasteiger partial charge in [0, 0.05) is 35.9 Å². The Morgan fingerprint density at radius 3 is 2.86 bits per heavy atom. The van der Waals surface area contributed by atoms with E-state index in [0.717, 1.165) is 27.7 Å². The molecule has 1 atom stereocenters. The van der Waals surface area contributed by atoms with Crippen LogP contribution in [0.1, 0.15) is 16.8 Å². The Morgan fingerprint density at radius 1 is 1.11 bits per heavy atom. The molecule has 1 aromatic carbocycles. The van der Waals surface area contributed by atoms with E-state index in [9.17, 15) is 9.59 Å². The summed E-state index contributed by atoms with van der Waals surface area (Å²) in [5.74, 6) is -0.219. The van der Waals surface area contributed by atoms with Crippen LogP contribution in [-0.2, 0) is 17.8 Å². The predicted octanol–water partition coefficient (Wildman–Crippen LogP) is 2.79. The molecule has 5 rings (SSSR count). The molecule has 140 valence electrons. The molecule has 1 aliphatic heterocycles. The summed E-state index contributed by atoms with van der Waals surface area (Å²) in [6.07, 6.45) is 6.18. The maximum absolute atomic E-state index is 12.8. The smallest absolute Gasteiger partial charge is 0.325 e. The molecule has 4 aromatic rings. The van der Waals surface area contributed by atoms with Gasteiger partial charge in [0.15, 0.2) is 0 Å². The number of rotatable bonds is 4. The number of nitrogens with one attached hydrogen (secondary N) is 2. The number of imide groups is 1. The number of aromatic nitrogens is 3. The van der Waals surface area contributed by atoms with Crippen LogP contribution in [0.4, 0.5) is 4.79 Å². The van der Waals surface area contributed by atoms with Crippen molar-refractivity contribution in [3.05, 3.63) is 71.8 Å². The third-order valence-electron chi connectivity index (χ3n) is 5.17. The number of carbonyl (C=O) groups excluding carboxylic acids is 2. The van der Waals surface area contributed by atoms with E-state index in [4.69, 9.17) is 0 Å². The molecule has 0 spiro atoms. The Bertz CT molecular complexity index is 1220. The molecule has 1 fully saturated rings. The number of pyridine rings is 1. The average Bonchev–Trinajstić information content (AvgIpc) is 3.34. The molecule has 28 heavy (non-hydrogen) atoms. The second-order valence-electron chi connectivity index (χ2n) is 7.19. The maximum Gasteiger partial charge on any atom is 0.325 e. The zero-order chi connectivity index (χ0) is 19.3. The van der Waals surface area contributed by atoms with Crippen molar-refractivity contribution in [1.82, 2.24) is 24.6 Å². The molecule has 1 saturated heterocycles. The number of para-hydroxylation sites is 1. The summed E-state index contributed by atoms with van der Waals surface area (Å²) >= 11 is 0. The molecule has 3 amide bonds. The van der Waals surface area contributed by atoms with E-state index in [1.807, 2.05) is 66.3 Å². The lowest BCUT2D eigenvalue weighted by atomic mass is 10.1. The number of aromatic amines is 1. The Balaban J connectivity index is 1.36. The van der Waals surface area contributed by atoms with Gasteiger partial charge in [0.05, 0.1) is 12.2 Å². The normalized spacial score (nSPS) is 17.0. The van der Waals surface area contributed by atoms with Gasteiger partial charge in [0.2, 0.25) is 0 Å². The molecule has 0 unspecified atom stereocenters. The van der Waals surface area contributed by atoms with Gasteiger partial charge in [0.1, 0.15) is 11.7 Å². The average molecular weight is 373 g/mol. The topological polar surface area (TPSA) is 82.5 Å². The number of hydrogen-bond acceptors (Lipinski definition) is 3. The third kappa shape index (κ3) is 2.72. The highest BCUT2D eigenvalue weighted by molar-refractivity contribution is 6.04. The number of carbonyl (C=O) groups is 2. The van der Waals surface area contributed by atoms with Crippen molar-refractivity contribution in [2.75, 3.05) is 0 Å². The van der Waals surface area contributed by atoms with Gasteiger partial charge in [-0.15, -0.1) is 0 Å². The van der Waals surface area contributed by atoms with Crippen LogP contribution in [0, 0.1) is 6.92 Å². The van der Waals surface area contributed by atoms with E-state index < -0.39 is 6.04 Å². The first-order chi connectivity index (χ1) is 13.6. The molecule has 0 bridgehead atoms. The fourth-order valence-corrected chi connectivity index (χ4v) is 3.78. The van der Waals surface area contributed by atoms with Gasteiger partial charge in [0.25, 0.3) is 5.91 Å². The first-order valence-electron chi connectivity index (χ1n) is 9.19. The number of aryl methyl sites for hydroxylation is 1. The van der Waals surface area contributed by atoms with Crippen molar-refractivity contribution in [2.24, 2.45) is 0 Å². The van der Waals surface area contributed by atoms with E-state index in [-0.39, 0.29) is 18.5 Å². The zero-order valence-corrected chi connectivity index (χ0v) is 15.3. The Hall–Kier alpha value is -3.61. The van der Waals surface area contributed by atoms with Crippen LogP contribution in [0.5, 0.6) is 0 Å². The van der Waals surface area contributed by atoms with Crippen molar-refractivity contribution >= 4 is 28.5 Å². The minimum atomic E-state index is -0.564. The molecule has 7 heteroatoms. The molecule has 0 aliphatic carbocycles. The van der Waals surface area contributed by atoms with E-state index in [1.54, 1.807) is 0 Å². The lowest BCUT2D eigenvalue weighted by Crippen LogP contribution is -2.32. The van der Waals surface area contributed by atoms with Gasteiger partial charge in [-0.3, -0.25) is 9.69 Å². The minimum Gasteiger partial charge on any atom is -0.361 e. The molecule has 4 heterocycles.